The van der Waals surface area contributed by atoms with Gasteiger partial charge >= 0.3 is 5.97 Å². The van der Waals surface area contributed by atoms with Gasteiger partial charge in [0.05, 0.1) is 19.8 Å². The zero-order valence-corrected chi connectivity index (χ0v) is 16.2. The summed E-state index contributed by atoms with van der Waals surface area (Å²) < 4.78 is 15.0. The third-order valence-corrected chi connectivity index (χ3v) is 4.25. The summed E-state index contributed by atoms with van der Waals surface area (Å²) in [4.78, 5) is 27.8. The van der Waals surface area contributed by atoms with E-state index in [-0.39, 0.29) is 12.3 Å². The number of nitrogens with one attached hydrogen (secondary N) is 1. The van der Waals surface area contributed by atoms with E-state index in [2.05, 4.69) is 20.2 Å². The van der Waals surface area contributed by atoms with E-state index in [4.69, 9.17) is 9.26 Å². The summed E-state index contributed by atoms with van der Waals surface area (Å²) in [5.74, 6) is 1.08. The molecule has 1 amide bonds. The van der Waals surface area contributed by atoms with Crippen molar-refractivity contribution < 1.29 is 23.6 Å². The highest BCUT2D eigenvalue weighted by Crippen LogP contribution is 2.20. The van der Waals surface area contributed by atoms with Crippen LogP contribution in [0.15, 0.2) is 53.1 Å². The molecule has 0 saturated carbocycles. The largest absolute Gasteiger partial charge is 0.497 e. The number of nitrogens with zero attached hydrogens (tertiary/aromatic N) is 2. The van der Waals surface area contributed by atoms with E-state index in [1.54, 1.807) is 31.4 Å². The molecule has 0 saturated heterocycles. The second-order valence-electron chi connectivity index (χ2n) is 6.21. The molecule has 1 heterocycles. The normalized spacial score (nSPS) is 10.4. The molecule has 0 atom stereocenters. The van der Waals surface area contributed by atoms with Crippen molar-refractivity contribution in [3.63, 3.8) is 0 Å². The van der Waals surface area contributed by atoms with Crippen LogP contribution >= 0.6 is 0 Å². The first-order valence-electron chi connectivity index (χ1n) is 9.00. The van der Waals surface area contributed by atoms with Gasteiger partial charge in [-0.3, -0.25) is 4.79 Å². The molecule has 0 bridgehead atoms. The smallest absolute Gasteiger partial charge is 0.337 e. The lowest BCUT2D eigenvalue weighted by Crippen LogP contribution is -2.23. The fraction of sp³-hybridized carbons (Fsp3) is 0.238. The Morgan fingerprint density at radius 2 is 1.76 bits per heavy atom. The first-order chi connectivity index (χ1) is 14.1. The maximum Gasteiger partial charge on any atom is 0.337 e. The second kappa shape index (κ2) is 9.50. The molecule has 150 valence electrons. The van der Waals surface area contributed by atoms with Crippen molar-refractivity contribution in [1.82, 2.24) is 15.5 Å². The van der Waals surface area contributed by atoms with Gasteiger partial charge < -0.3 is 19.3 Å². The quantitative estimate of drug-likeness (QED) is 0.585. The predicted octanol–water partition coefficient (Wildman–Crippen LogP) is 2.78. The van der Waals surface area contributed by atoms with Crippen molar-refractivity contribution in [3.8, 4) is 17.1 Å². The Morgan fingerprint density at radius 1 is 1.03 bits per heavy atom. The molecule has 2 aromatic carbocycles. The lowest BCUT2D eigenvalue weighted by Gasteiger charge is -2.05. The number of carbonyl (C=O) groups is 2. The summed E-state index contributed by atoms with van der Waals surface area (Å²) in [7, 11) is 2.93. The predicted molar refractivity (Wildman–Crippen MR) is 104 cm³/mol. The van der Waals surface area contributed by atoms with Crippen molar-refractivity contribution in [2.24, 2.45) is 0 Å². The van der Waals surface area contributed by atoms with Gasteiger partial charge in [-0.2, -0.15) is 4.98 Å². The molecule has 0 aliphatic carbocycles. The van der Waals surface area contributed by atoms with Crippen LogP contribution in [-0.2, 0) is 22.5 Å². The number of methoxy groups -OCH3 is 2. The van der Waals surface area contributed by atoms with Gasteiger partial charge in [-0.15, -0.1) is 0 Å². The maximum absolute atomic E-state index is 12.1. The van der Waals surface area contributed by atoms with Crippen LogP contribution < -0.4 is 10.1 Å². The van der Waals surface area contributed by atoms with Gasteiger partial charge in [0.25, 0.3) is 0 Å². The average molecular weight is 395 g/mol. The fourth-order valence-corrected chi connectivity index (χ4v) is 2.60. The zero-order chi connectivity index (χ0) is 20.6. The SMILES string of the molecule is COC(=O)c1ccc(CNC(=O)CCc2nc(-c3ccc(OC)cc3)no2)cc1. The number of aryl methyl sites for hydroxylation is 1. The minimum atomic E-state index is -0.394. The van der Waals surface area contributed by atoms with Gasteiger partial charge in [0, 0.05) is 24.9 Å². The van der Waals surface area contributed by atoms with Gasteiger partial charge in [-0.25, -0.2) is 4.79 Å². The van der Waals surface area contributed by atoms with Crippen LogP contribution in [0.3, 0.4) is 0 Å². The fourth-order valence-electron chi connectivity index (χ4n) is 2.60. The third-order valence-electron chi connectivity index (χ3n) is 4.25. The number of carbonyl (C=O) groups excluding carboxylic acids is 2. The van der Waals surface area contributed by atoms with Crippen LogP contribution in [-0.4, -0.2) is 36.2 Å². The Morgan fingerprint density at radius 3 is 2.41 bits per heavy atom. The molecule has 0 fully saturated rings. The monoisotopic (exact) mass is 395 g/mol. The topological polar surface area (TPSA) is 104 Å². The minimum Gasteiger partial charge on any atom is -0.497 e. The summed E-state index contributed by atoms with van der Waals surface area (Å²) in [5.41, 5.74) is 2.15. The number of esters is 1. The van der Waals surface area contributed by atoms with Gasteiger partial charge in [0.2, 0.25) is 17.6 Å². The molecule has 0 aliphatic heterocycles. The van der Waals surface area contributed by atoms with E-state index in [0.29, 0.717) is 30.2 Å². The van der Waals surface area contributed by atoms with Crippen molar-refractivity contribution in [3.05, 3.63) is 65.5 Å². The van der Waals surface area contributed by atoms with E-state index in [1.165, 1.54) is 7.11 Å². The lowest BCUT2D eigenvalue weighted by atomic mass is 10.1. The van der Waals surface area contributed by atoms with Gasteiger partial charge in [0.1, 0.15) is 5.75 Å². The Kier molecular flexibility index (Phi) is 6.57. The molecule has 0 aliphatic rings. The number of hydrogen-bond acceptors (Lipinski definition) is 7. The van der Waals surface area contributed by atoms with E-state index in [0.717, 1.165) is 16.9 Å². The van der Waals surface area contributed by atoms with Crippen molar-refractivity contribution in [1.29, 1.82) is 0 Å². The van der Waals surface area contributed by atoms with Crippen molar-refractivity contribution in [2.75, 3.05) is 14.2 Å². The molecule has 3 aromatic rings. The van der Waals surface area contributed by atoms with Crippen molar-refractivity contribution in [2.45, 2.75) is 19.4 Å². The molecule has 0 spiro atoms. The molecular weight excluding hydrogens is 374 g/mol. The van der Waals surface area contributed by atoms with E-state index >= 15 is 0 Å². The van der Waals surface area contributed by atoms with Gasteiger partial charge in [-0.05, 0) is 42.0 Å². The van der Waals surface area contributed by atoms with Gasteiger partial charge in [-0.1, -0.05) is 17.3 Å². The highest BCUT2D eigenvalue weighted by atomic mass is 16.5. The molecule has 1 N–H and O–H groups in total. The molecule has 8 nitrogen and oxygen atoms in total. The number of hydrogen-bond donors (Lipinski definition) is 1. The molecule has 3 rings (SSSR count). The number of rotatable bonds is 8. The Labute approximate surface area is 167 Å². The molecule has 1 aromatic heterocycles. The van der Waals surface area contributed by atoms with E-state index < -0.39 is 5.97 Å². The van der Waals surface area contributed by atoms with Crippen LogP contribution in [0.5, 0.6) is 5.75 Å². The molecule has 0 radical (unpaired) electrons. The summed E-state index contributed by atoms with van der Waals surface area (Å²) in [6.07, 6.45) is 0.570. The summed E-state index contributed by atoms with van der Waals surface area (Å²) in [5, 5.41) is 6.77. The molecule has 8 heteroatoms. The summed E-state index contributed by atoms with van der Waals surface area (Å²) in [6, 6.07) is 14.2. The number of amides is 1. The lowest BCUT2D eigenvalue weighted by molar-refractivity contribution is -0.121. The minimum absolute atomic E-state index is 0.133. The highest BCUT2D eigenvalue weighted by molar-refractivity contribution is 5.89. The summed E-state index contributed by atoms with van der Waals surface area (Å²) in [6.45, 7) is 0.362. The number of ether oxygens (including phenoxy) is 2. The standard InChI is InChI=1S/C21H21N3O5/c1-27-17-9-7-15(8-10-17)20-23-19(29-24-20)12-11-18(25)22-13-14-3-5-16(6-4-14)21(26)28-2/h3-10H,11-13H2,1-2H3,(H,22,25). The van der Waals surface area contributed by atoms with Crippen LogP contribution in [0.25, 0.3) is 11.4 Å². The highest BCUT2D eigenvalue weighted by Gasteiger charge is 2.11. The third kappa shape index (κ3) is 5.41. The molecule has 0 unspecified atom stereocenters. The first kappa shape index (κ1) is 20.1. The van der Waals surface area contributed by atoms with Crippen molar-refractivity contribution >= 4 is 11.9 Å². The van der Waals surface area contributed by atoms with Crippen LogP contribution in [0.1, 0.15) is 28.2 Å². The zero-order valence-electron chi connectivity index (χ0n) is 16.2. The Bertz CT molecular complexity index is 965. The van der Waals surface area contributed by atoms with Gasteiger partial charge in [0.15, 0.2) is 0 Å². The van der Waals surface area contributed by atoms with Crippen LogP contribution in [0.4, 0.5) is 0 Å². The second-order valence-corrected chi connectivity index (χ2v) is 6.21. The Hall–Kier alpha value is -3.68. The molecule has 29 heavy (non-hydrogen) atoms. The van der Waals surface area contributed by atoms with Crippen LogP contribution in [0.2, 0.25) is 0 Å². The van der Waals surface area contributed by atoms with E-state index in [1.807, 2.05) is 24.3 Å². The average Bonchev–Trinajstić information content (AvgIpc) is 3.25. The van der Waals surface area contributed by atoms with Crippen LogP contribution in [0, 0.1) is 0 Å². The Balaban J connectivity index is 1.47. The summed E-state index contributed by atoms with van der Waals surface area (Å²) >= 11 is 0. The molecular formula is C21H21N3O5. The number of aromatic nitrogens is 2. The number of benzene rings is 2. The first-order valence-corrected chi connectivity index (χ1v) is 9.00. The maximum atomic E-state index is 12.1. The van der Waals surface area contributed by atoms with E-state index in [9.17, 15) is 9.59 Å².